The van der Waals surface area contributed by atoms with Crippen molar-refractivity contribution in [2.24, 2.45) is 5.41 Å². The first-order valence-electron chi connectivity index (χ1n) is 16.0. The Hall–Kier alpha value is -4.71. The molecule has 2 aliphatic heterocycles. The number of ether oxygens (including phenoxy) is 1. The molecule has 2 saturated heterocycles. The Balaban J connectivity index is 1.02. The Labute approximate surface area is 293 Å². The number of aromatic nitrogens is 4. The lowest BCUT2D eigenvalue weighted by molar-refractivity contribution is -0.209. The summed E-state index contributed by atoms with van der Waals surface area (Å²) in [6.07, 6.45) is 2.83. The van der Waals surface area contributed by atoms with Gasteiger partial charge >= 0.3 is 5.97 Å². The summed E-state index contributed by atoms with van der Waals surface area (Å²) in [5.41, 5.74) is 1.44. The second kappa shape index (κ2) is 11.4. The highest BCUT2D eigenvalue weighted by Gasteiger charge is 2.63. The largest absolute Gasteiger partial charge is 0.491 e. The molecular weight excluding hydrogens is 688 g/mol. The van der Waals surface area contributed by atoms with Crippen molar-refractivity contribution in [2.45, 2.75) is 44.7 Å². The minimum absolute atomic E-state index is 0.0368. The first-order chi connectivity index (χ1) is 23.8. The number of anilines is 1. The molecule has 256 valence electrons. The molecular formula is C35H30ClF2N7O4S. The van der Waals surface area contributed by atoms with Crippen molar-refractivity contribution in [3.63, 3.8) is 0 Å². The van der Waals surface area contributed by atoms with Crippen LogP contribution in [0.4, 0.5) is 14.6 Å². The zero-order valence-corrected chi connectivity index (χ0v) is 28.6. The third-order valence-electron chi connectivity index (χ3n) is 10.2. The topological polar surface area (TPSA) is 137 Å². The van der Waals surface area contributed by atoms with Crippen LogP contribution in [0.3, 0.4) is 0 Å². The van der Waals surface area contributed by atoms with Crippen molar-refractivity contribution < 1.29 is 23.4 Å². The summed E-state index contributed by atoms with van der Waals surface area (Å²) in [6, 6.07) is 9.12. The number of fused-ring (bicyclic) bond motifs is 2. The second-order valence-corrected chi connectivity index (χ2v) is 15.2. The second-order valence-electron chi connectivity index (χ2n) is 13.8. The molecule has 6 heterocycles. The minimum atomic E-state index is -2.59. The normalized spacial score (nSPS) is 18.8. The zero-order valence-electron chi connectivity index (χ0n) is 27.0. The lowest BCUT2D eigenvalue weighted by Crippen LogP contribution is -2.78. The van der Waals surface area contributed by atoms with Crippen molar-refractivity contribution in [3.05, 3.63) is 74.4 Å². The van der Waals surface area contributed by atoms with Crippen LogP contribution in [-0.2, 0) is 6.54 Å². The lowest BCUT2D eigenvalue weighted by atomic mass is 9.65. The summed E-state index contributed by atoms with van der Waals surface area (Å²) in [6.45, 7) is 6.51. The van der Waals surface area contributed by atoms with Gasteiger partial charge in [-0.2, -0.15) is 5.26 Å². The molecule has 11 nitrogen and oxygen atoms in total. The molecule has 4 aromatic heterocycles. The summed E-state index contributed by atoms with van der Waals surface area (Å²) in [7, 11) is 0. The maximum atomic E-state index is 14.0. The van der Waals surface area contributed by atoms with Crippen LogP contribution in [0.1, 0.15) is 41.5 Å². The molecule has 0 atom stereocenters. The van der Waals surface area contributed by atoms with Gasteiger partial charge in [0.05, 0.1) is 39.4 Å². The van der Waals surface area contributed by atoms with Crippen LogP contribution >= 0.6 is 22.9 Å². The number of benzene rings is 1. The summed E-state index contributed by atoms with van der Waals surface area (Å²) in [5.74, 6) is -2.31. The number of nitriles is 1. The van der Waals surface area contributed by atoms with Gasteiger partial charge in [0.1, 0.15) is 35.6 Å². The summed E-state index contributed by atoms with van der Waals surface area (Å²) in [4.78, 5) is 43.2. The third-order valence-corrected chi connectivity index (χ3v) is 11.5. The molecule has 3 fully saturated rings. The first kappa shape index (κ1) is 32.5. The molecule has 1 aliphatic carbocycles. The highest BCUT2D eigenvalue weighted by molar-refractivity contribution is 7.18. The number of pyridine rings is 2. The van der Waals surface area contributed by atoms with Crippen molar-refractivity contribution in [2.75, 3.05) is 37.7 Å². The summed E-state index contributed by atoms with van der Waals surface area (Å²) >= 11 is 7.64. The maximum absolute atomic E-state index is 14.0. The lowest BCUT2D eigenvalue weighted by Gasteiger charge is -2.67. The Morgan fingerprint density at radius 3 is 2.62 bits per heavy atom. The average Bonchev–Trinajstić information content (AvgIpc) is 3.46. The number of alkyl halides is 2. The van der Waals surface area contributed by atoms with E-state index in [2.05, 4.69) is 25.9 Å². The van der Waals surface area contributed by atoms with Gasteiger partial charge in [0, 0.05) is 77.7 Å². The predicted octanol–water partition coefficient (Wildman–Crippen LogP) is 5.99. The maximum Gasteiger partial charge on any atom is 0.338 e. The van der Waals surface area contributed by atoms with Gasteiger partial charge in [-0.3, -0.25) is 19.2 Å². The number of aryl methyl sites for hydroxylation is 1. The molecule has 0 radical (unpaired) electrons. The standard InChI is InChI=1S/C35H30ClF2N7O4S/c1-19-42-25-11-41-30(43-15-34(16-43)17-44(18-34)33(2)13-35(37,38)14-33)23(10-39)27(25)31(46)45(19)7-8-49-26-4-3-20(36)9-22(26)21-5-6-40-28-24(32(47)48)12-50-29(21)28/h3-6,9,11-12H,7-8,13-18H2,1-2H3,(H,47,48). The number of likely N-dealkylation sites (tertiary alicyclic amines) is 1. The number of hydrogen-bond donors (Lipinski definition) is 1. The van der Waals surface area contributed by atoms with Gasteiger partial charge in [0.25, 0.3) is 11.5 Å². The molecule has 1 aromatic carbocycles. The predicted molar refractivity (Wildman–Crippen MR) is 185 cm³/mol. The number of aromatic carboxylic acids is 1. The third kappa shape index (κ3) is 5.18. The van der Waals surface area contributed by atoms with Gasteiger partial charge < -0.3 is 14.7 Å². The number of thiophene rings is 1. The van der Waals surface area contributed by atoms with Crippen molar-refractivity contribution >= 4 is 55.8 Å². The van der Waals surface area contributed by atoms with Crippen LogP contribution in [0.5, 0.6) is 5.75 Å². The Kier molecular flexibility index (Phi) is 7.41. The number of carboxylic acids is 1. The van der Waals surface area contributed by atoms with Crippen LogP contribution in [0.25, 0.3) is 32.2 Å². The highest BCUT2D eigenvalue weighted by Crippen LogP contribution is 2.54. The Bertz CT molecular complexity index is 2330. The van der Waals surface area contributed by atoms with Gasteiger partial charge in [0.2, 0.25) is 0 Å². The van der Waals surface area contributed by atoms with Crippen LogP contribution in [0.2, 0.25) is 5.02 Å². The van der Waals surface area contributed by atoms with Crippen LogP contribution in [0.15, 0.2) is 46.8 Å². The number of carbonyl (C=O) groups is 1. The van der Waals surface area contributed by atoms with E-state index < -0.39 is 17.4 Å². The van der Waals surface area contributed by atoms with E-state index in [1.54, 1.807) is 42.8 Å². The molecule has 0 amide bonds. The number of nitrogens with zero attached hydrogens (tertiary/aromatic N) is 7. The molecule has 1 saturated carbocycles. The smallest absolute Gasteiger partial charge is 0.338 e. The van der Waals surface area contributed by atoms with E-state index in [1.165, 1.54) is 22.1 Å². The van der Waals surface area contributed by atoms with Crippen molar-refractivity contribution in [1.82, 2.24) is 24.4 Å². The van der Waals surface area contributed by atoms with Crippen LogP contribution in [0, 0.1) is 23.7 Å². The van der Waals surface area contributed by atoms with Crippen molar-refractivity contribution in [3.8, 4) is 22.9 Å². The van der Waals surface area contributed by atoms with Crippen LogP contribution in [-0.4, -0.2) is 79.7 Å². The van der Waals surface area contributed by atoms with Gasteiger partial charge in [-0.15, -0.1) is 11.3 Å². The molecule has 0 unspecified atom stereocenters. The highest BCUT2D eigenvalue weighted by atomic mass is 35.5. The van der Waals surface area contributed by atoms with E-state index in [4.69, 9.17) is 16.3 Å². The summed E-state index contributed by atoms with van der Waals surface area (Å²) in [5, 5.41) is 22.0. The fraction of sp³-hybridized carbons (Fsp3) is 0.371. The number of hydrogen-bond acceptors (Lipinski definition) is 10. The molecule has 0 bridgehead atoms. The summed E-state index contributed by atoms with van der Waals surface area (Å²) < 4.78 is 35.6. The first-order valence-corrected chi connectivity index (χ1v) is 17.3. The quantitative estimate of drug-likeness (QED) is 0.204. The Morgan fingerprint density at radius 1 is 1.16 bits per heavy atom. The zero-order chi connectivity index (χ0) is 35.2. The van der Waals surface area contributed by atoms with Crippen LogP contribution < -0.4 is 15.2 Å². The fourth-order valence-electron chi connectivity index (χ4n) is 7.84. The molecule has 8 rings (SSSR count). The average molecular weight is 718 g/mol. The van der Waals surface area contributed by atoms with E-state index in [1.807, 2.05) is 11.8 Å². The van der Waals surface area contributed by atoms with Gasteiger partial charge in [-0.1, -0.05) is 11.6 Å². The minimum Gasteiger partial charge on any atom is -0.491 e. The molecule has 3 aliphatic rings. The molecule has 50 heavy (non-hydrogen) atoms. The van der Waals surface area contributed by atoms with Crippen molar-refractivity contribution in [1.29, 1.82) is 5.26 Å². The number of rotatable bonds is 8. The van der Waals surface area contributed by atoms with E-state index >= 15 is 0 Å². The molecule has 1 N–H and O–H groups in total. The monoisotopic (exact) mass is 717 g/mol. The SMILES string of the molecule is Cc1nc2cnc(N3CC4(C3)CN(C3(C)CC(F)(F)C3)C4)c(C#N)c2c(=O)n1CCOc1ccc(Cl)cc1-c1ccnc2c(C(=O)O)csc12. The van der Waals surface area contributed by atoms with Gasteiger partial charge in [-0.25, -0.2) is 23.5 Å². The fourth-order valence-corrected chi connectivity index (χ4v) is 9.04. The Morgan fingerprint density at radius 2 is 1.92 bits per heavy atom. The molecule has 1 spiro atoms. The van der Waals surface area contributed by atoms with E-state index in [9.17, 15) is 28.7 Å². The number of carboxylic acid groups (broad SMARTS) is 1. The van der Waals surface area contributed by atoms with Gasteiger partial charge in [-0.05, 0) is 38.1 Å². The molecule has 15 heteroatoms. The number of halogens is 3. The van der Waals surface area contributed by atoms with E-state index in [0.29, 0.717) is 62.4 Å². The van der Waals surface area contributed by atoms with E-state index in [-0.39, 0.29) is 53.5 Å². The van der Waals surface area contributed by atoms with E-state index in [0.717, 1.165) is 13.1 Å². The molecule has 5 aromatic rings. The van der Waals surface area contributed by atoms with Gasteiger partial charge in [0.15, 0.2) is 0 Å².